The summed E-state index contributed by atoms with van der Waals surface area (Å²) in [6.07, 6.45) is 0.0979. The highest BCUT2D eigenvalue weighted by Crippen LogP contribution is 2.27. The largest absolute Gasteiger partial charge is 0.489 e. The van der Waals surface area contributed by atoms with Gasteiger partial charge in [-0.05, 0) is 38.0 Å². The fourth-order valence-corrected chi connectivity index (χ4v) is 1.38. The Hall–Kier alpha value is -1.02. The Kier molecular flexibility index (Phi) is 4.36. The maximum atomic E-state index is 11.1. The van der Waals surface area contributed by atoms with Gasteiger partial charge in [0.05, 0.1) is 11.1 Å². The zero-order valence-corrected chi connectivity index (χ0v) is 10.8. The van der Waals surface area contributed by atoms with Crippen LogP contribution < -0.4 is 4.74 Å². The third kappa shape index (κ3) is 3.24. The molecule has 0 aliphatic carbocycles. The number of carbonyl (C=O) groups is 1. The van der Waals surface area contributed by atoms with Crippen LogP contribution in [0.2, 0.25) is 5.02 Å². The molecule has 1 atom stereocenters. The minimum Gasteiger partial charge on any atom is -0.489 e. The van der Waals surface area contributed by atoms with Crippen LogP contribution in [0.25, 0.3) is 0 Å². The molecule has 0 saturated heterocycles. The fourth-order valence-electron chi connectivity index (χ4n) is 1.15. The molecule has 1 unspecified atom stereocenters. The number of carbonyl (C=O) groups excluding carboxylic acids is 1. The van der Waals surface area contributed by atoms with Gasteiger partial charge in [-0.3, -0.25) is 4.79 Å². The van der Waals surface area contributed by atoms with E-state index < -0.39 is 0 Å². The predicted molar refractivity (Wildman–Crippen MR) is 66.4 cm³/mol. The average molecular weight is 241 g/mol. The van der Waals surface area contributed by atoms with Crippen molar-refractivity contribution in [3.05, 3.63) is 28.8 Å². The van der Waals surface area contributed by atoms with E-state index in [4.69, 9.17) is 16.3 Å². The molecule has 1 aromatic rings. The lowest BCUT2D eigenvalue weighted by Crippen LogP contribution is -2.18. The van der Waals surface area contributed by atoms with Crippen LogP contribution in [0.3, 0.4) is 0 Å². The first kappa shape index (κ1) is 13.0. The first-order chi connectivity index (χ1) is 7.41. The van der Waals surface area contributed by atoms with Crippen molar-refractivity contribution in [3.8, 4) is 5.75 Å². The van der Waals surface area contributed by atoms with E-state index >= 15 is 0 Å². The maximum absolute atomic E-state index is 11.1. The lowest BCUT2D eigenvalue weighted by atomic mass is 10.1. The molecule has 0 aliphatic rings. The maximum Gasteiger partial charge on any atom is 0.159 e. The van der Waals surface area contributed by atoms with Gasteiger partial charge in [-0.15, -0.1) is 0 Å². The van der Waals surface area contributed by atoms with E-state index in [0.29, 0.717) is 22.3 Å². The van der Waals surface area contributed by atoms with E-state index in [1.807, 2.05) is 6.92 Å². The molecule has 16 heavy (non-hydrogen) atoms. The molecule has 0 heterocycles. The van der Waals surface area contributed by atoms with E-state index in [9.17, 15) is 4.79 Å². The molecule has 0 aliphatic heterocycles. The Morgan fingerprint density at radius 2 is 1.94 bits per heavy atom. The standard InChI is InChI=1S/C13H17ClO2/c1-8(2)10(4)16-13-6-5-11(9(3)15)7-12(13)14/h5-8,10H,1-4H3. The summed E-state index contributed by atoms with van der Waals surface area (Å²) in [6, 6.07) is 5.13. The zero-order chi connectivity index (χ0) is 12.3. The fraction of sp³-hybridized carbons (Fsp3) is 0.462. The normalized spacial score (nSPS) is 12.6. The molecule has 0 radical (unpaired) electrons. The van der Waals surface area contributed by atoms with Crippen LogP contribution in [0.5, 0.6) is 5.75 Å². The second kappa shape index (κ2) is 5.35. The van der Waals surface area contributed by atoms with Gasteiger partial charge in [0.1, 0.15) is 5.75 Å². The Labute approximate surface area is 102 Å². The van der Waals surface area contributed by atoms with Crippen molar-refractivity contribution in [2.75, 3.05) is 0 Å². The van der Waals surface area contributed by atoms with Gasteiger partial charge < -0.3 is 4.74 Å². The van der Waals surface area contributed by atoms with Gasteiger partial charge in [0, 0.05) is 5.56 Å². The van der Waals surface area contributed by atoms with Crippen LogP contribution in [-0.4, -0.2) is 11.9 Å². The van der Waals surface area contributed by atoms with E-state index in [0.717, 1.165) is 0 Å². The number of hydrogen-bond acceptors (Lipinski definition) is 2. The number of halogens is 1. The van der Waals surface area contributed by atoms with Crippen molar-refractivity contribution in [3.63, 3.8) is 0 Å². The third-order valence-electron chi connectivity index (χ3n) is 2.59. The highest BCUT2D eigenvalue weighted by molar-refractivity contribution is 6.32. The van der Waals surface area contributed by atoms with Crippen molar-refractivity contribution in [2.45, 2.75) is 33.8 Å². The summed E-state index contributed by atoms with van der Waals surface area (Å²) in [5.41, 5.74) is 0.606. The Morgan fingerprint density at radius 1 is 1.31 bits per heavy atom. The van der Waals surface area contributed by atoms with E-state index in [2.05, 4.69) is 13.8 Å². The van der Waals surface area contributed by atoms with Gasteiger partial charge in [-0.2, -0.15) is 0 Å². The molecular formula is C13H17ClO2. The van der Waals surface area contributed by atoms with E-state index in [1.165, 1.54) is 6.92 Å². The summed E-state index contributed by atoms with van der Waals surface area (Å²) < 4.78 is 5.70. The smallest absolute Gasteiger partial charge is 0.159 e. The minimum atomic E-state index is 0.00496. The molecular weight excluding hydrogens is 224 g/mol. The van der Waals surface area contributed by atoms with Gasteiger partial charge in [0.25, 0.3) is 0 Å². The molecule has 1 rings (SSSR count). The molecule has 0 saturated carbocycles. The topological polar surface area (TPSA) is 26.3 Å². The van der Waals surface area contributed by atoms with Crippen molar-refractivity contribution in [1.82, 2.24) is 0 Å². The number of ketones is 1. The first-order valence-electron chi connectivity index (χ1n) is 5.39. The Bertz CT molecular complexity index is 386. The van der Waals surface area contributed by atoms with Crippen LogP contribution in [0.1, 0.15) is 38.1 Å². The highest BCUT2D eigenvalue weighted by atomic mass is 35.5. The summed E-state index contributed by atoms with van der Waals surface area (Å²) in [5.74, 6) is 1.06. The summed E-state index contributed by atoms with van der Waals surface area (Å²) in [5, 5.41) is 0.486. The monoisotopic (exact) mass is 240 g/mol. The molecule has 1 aromatic carbocycles. The molecule has 0 bridgehead atoms. The number of rotatable bonds is 4. The van der Waals surface area contributed by atoms with Crippen LogP contribution in [0.4, 0.5) is 0 Å². The number of hydrogen-bond donors (Lipinski definition) is 0. The molecule has 2 nitrogen and oxygen atoms in total. The van der Waals surface area contributed by atoms with Gasteiger partial charge in [-0.1, -0.05) is 25.4 Å². The SMILES string of the molecule is CC(=O)c1ccc(OC(C)C(C)C)c(Cl)c1. The second-order valence-corrected chi connectivity index (χ2v) is 4.68. The Morgan fingerprint density at radius 3 is 2.38 bits per heavy atom. The summed E-state index contributed by atoms with van der Waals surface area (Å²) in [6.45, 7) is 7.69. The van der Waals surface area contributed by atoms with Gasteiger partial charge in [-0.25, -0.2) is 0 Å². The van der Waals surface area contributed by atoms with Crippen molar-refractivity contribution < 1.29 is 9.53 Å². The average Bonchev–Trinajstić information content (AvgIpc) is 2.20. The minimum absolute atomic E-state index is 0.00496. The summed E-state index contributed by atoms with van der Waals surface area (Å²) in [7, 11) is 0. The molecule has 0 amide bonds. The third-order valence-corrected chi connectivity index (χ3v) is 2.89. The molecule has 0 fully saturated rings. The zero-order valence-electron chi connectivity index (χ0n) is 10.1. The quantitative estimate of drug-likeness (QED) is 0.745. The van der Waals surface area contributed by atoms with Crippen LogP contribution >= 0.6 is 11.6 Å². The summed E-state index contributed by atoms with van der Waals surface area (Å²) >= 11 is 6.05. The lowest BCUT2D eigenvalue weighted by molar-refractivity contribution is 0.101. The van der Waals surface area contributed by atoms with E-state index in [1.54, 1.807) is 18.2 Å². The molecule has 3 heteroatoms. The summed E-state index contributed by atoms with van der Waals surface area (Å²) in [4.78, 5) is 11.1. The van der Waals surface area contributed by atoms with Crippen LogP contribution in [0.15, 0.2) is 18.2 Å². The first-order valence-corrected chi connectivity index (χ1v) is 5.76. The van der Waals surface area contributed by atoms with Crippen molar-refractivity contribution in [2.24, 2.45) is 5.92 Å². The van der Waals surface area contributed by atoms with Gasteiger partial charge in [0.2, 0.25) is 0 Å². The lowest BCUT2D eigenvalue weighted by Gasteiger charge is -2.19. The number of benzene rings is 1. The van der Waals surface area contributed by atoms with Crippen molar-refractivity contribution in [1.29, 1.82) is 0 Å². The molecule has 0 N–H and O–H groups in total. The molecule has 0 spiro atoms. The number of ether oxygens (including phenoxy) is 1. The van der Waals surface area contributed by atoms with Crippen LogP contribution in [-0.2, 0) is 0 Å². The number of Topliss-reactive ketones (excluding diaryl/α,β-unsaturated/α-hetero) is 1. The van der Waals surface area contributed by atoms with Gasteiger partial charge in [0.15, 0.2) is 5.78 Å². The van der Waals surface area contributed by atoms with Gasteiger partial charge >= 0.3 is 0 Å². The predicted octanol–water partition coefficient (Wildman–Crippen LogP) is 3.97. The molecule has 88 valence electrons. The van der Waals surface area contributed by atoms with E-state index in [-0.39, 0.29) is 11.9 Å². The highest BCUT2D eigenvalue weighted by Gasteiger charge is 2.12. The molecule has 0 aromatic heterocycles. The van der Waals surface area contributed by atoms with Crippen LogP contribution in [0, 0.1) is 5.92 Å². The second-order valence-electron chi connectivity index (χ2n) is 4.27. The van der Waals surface area contributed by atoms with Crippen molar-refractivity contribution >= 4 is 17.4 Å². The Balaban J connectivity index is 2.87.